The molecule has 0 aliphatic rings. The second-order valence-corrected chi connectivity index (χ2v) is 4.00. The van der Waals surface area contributed by atoms with Crippen molar-refractivity contribution in [2.24, 2.45) is 0 Å². The van der Waals surface area contributed by atoms with Crippen LogP contribution in [0.1, 0.15) is 6.92 Å². The first-order chi connectivity index (χ1) is 8.73. The van der Waals surface area contributed by atoms with Gasteiger partial charge in [-0.1, -0.05) is 0 Å². The first kappa shape index (κ1) is 15.1. The van der Waals surface area contributed by atoms with Gasteiger partial charge >= 0.3 is 6.18 Å². The molecule has 0 fully saturated rings. The van der Waals surface area contributed by atoms with Crippen LogP contribution in [0.3, 0.4) is 0 Å². The Hall–Kier alpha value is -1.99. The number of halogens is 3. The van der Waals surface area contributed by atoms with E-state index in [-0.39, 0.29) is 11.4 Å². The maximum absolute atomic E-state index is 12.3. The normalized spacial score (nSPS) is 11.2. The summed E-state index contributed by atoms with van der Waals surface area (Å²) >= 11 is 0. The third-order valence-electron chi connectivity index (χ3n) is 2.35. The van der Waals surface area contributed by atoms with E-state index in [1.807, 2.05) is 0 Å². The Bertz CT molecular complexity index is 463. The lowest BCUT2D eigenvalue weighted by Gasteiger charge is -2.21. The highest BCUT2D eigenvalue weighted by Crippen LogP contribution is 2.28. The lowest BCUT2D eigenvalue weighted by molar-refractivity contribution is -0.384. The monoisotopic (exact) mass is 277 g/mol. The fourth-order valence-corrected chi connectivity index (χ4v) is 1.59. The Balaban J connectivity index is 3.08. The number of rotatable bonds is 5. The van der Waals surface area contributed by atoms with E-state index < -0.39 is 17.6 Å². The van der Waals surface area contributed by atoms with E-state index in [1.165, 1.54) is 19.2 Å². The Morgan fingerprint density at radius 2 is 2.00 bits per heavy atom. The van der Waals surface area contributed by atoms with Gasteiger partial charge in [-0.3, -0.25) is 10.1 Å². The Morgan fingerprint density at radius 1 is 1.37 bits per heavy atom. The molecule has 1 aromatic rings. The second kappa shape index (κ2) is 5.77. The predicted octanol–water partition coefficient (Wildman–Crippen LogP) is 3.03. The summed E-state index contributed by atoms with van der Waals surface area (Å²) in [4.78, 5) is 11.0. The third kappa shape index (κ3) is 4.65. The number of benzene rings is 1. The molecule has 0 spiro atoms. The molecule has 19 heavy (non-hydrogen) atoms. The zero-order valence-corrected chi connectivity index (χ0v) is 10.5. The first-order valence-corrected chi connectivity index (χ1v) is 5.54. The number of hydrogen-bond acceptors (Lipinski definition) is 4. The van der Waals surface area contributed by atoms with Gasteiger partial charge in [-0.25, -0.2) is 0 Å². The molecule has 0 atom stereocenters. The Labute approximate surface area is 108 Å². The molecule has 5 nitrogen and oxygen atoms in total. The molecule has 0 saturated carbocycles. The van der Waals surface area contributed by atoms with Crippen LogP contribution in [0.15, 0.2) is 18.2 Å². The fourth-order valence-electron chi connectivity index (χ4n) is 1.59. The molecule has 0 aromatic heterocycles. The maximum atomic E-state index is 12.3. The molecule has 0 aliphatic heterocycles. The van der Waals surface area contributed by atoms with Crippen molar-refractivity contribution < 1.29 is 18.1 Å². The highest BCUT2D eigenvalue weighted by Gasteiger charge is 2.30. The van der Waals surface area contributed by atoms with Crippen LogP contribution in [-0.4, -0.2) is 31.2 Å². The van der Waals surface area contributed by atoms with Gasteiger partial charge in [0, 0.05) is 37.1 Å². The van der Waals surface area contributed by atoms with E-state index in [9.17, 15) is 23.3 Å². The molecule has 0 radical (unpaired) electrons. The average Bonchev–Trinajstić information content (AvgIpc) is 2.26. The molecule has 0 heterocycles. The van der Waals surface area contributed by atoms with Crippen LogP contribution in [0.25, 0.3) is 0 Å². The van der Waals surface area contributed by atoms with Gasteiger partial charge in [-0.05, 0) is 13.0 Å². The Morgan fingerprint density at radius 3 is 2.47 bits per heavy atom. The summed E-state index contributed by atoms with van der Waals surface area (Å²) in [5, 5.41) is 13.6. The molecular formula is C11H14F3N3O2. The number of nitro benzene ring substituents is 1. The molecular weight excluding hydrogens is 263 g/mol. The van der Waals surface area contributed by atoms with Crippen molar-refractivity contribution in [1.82, 2.24) is 0 Å². The molecule has 0 amide bonds. The van der Waals surface area contributed by atoms with Crippen molar-refractivity contribution >= 4 is 17.1 Å². The highest BCUT2D eigenvalue weighted by molar-refractivity contribution is 5.64. The number of nitrogens with zero attached hydrogens (tertiary/aromatic N) is 2. The minimum Gasteiger partial charge on any atom is -0.385 e. The van der Waals surface area contributed by atoms with Crippen LogP contribution in [0, 0.1) is 10.1 Å². The number of nitro groups is 1. The van der Waals surface area contributed by atoms with E-state index in [4.69, 9.17) is 0 Å². The number of anilines is 2. The first-order valence-electron chi connectivity index (χ1n) is 5.54. The van der Waals surface area contributed by atoms with Crippen LogP contribution in [0.2, 0.25) is 0 Å². The van der Waals surface area contributed by atoms with E-state index in [2.05, 4.69) is 5.32 Å². The molecule has 0 saturated heterocycles. The van der Waals surface area contributed by atoms with Crippen LogP contribution in [0.5, 0.6) is 0 Å². The summed E-state index contributed by atoms with van der Waals surface area (Å²) in [5.41, 5.74) is 0.311. The van der Waals surface area contributed by atoms with Gasteiger partial charge < -0.3 is 10.2 Å². The summed E-state index contributed by atoms with van der Waals surface area (Å²) in [6.45, 7) is 1.14. The zero-order valence-electron chi connectivity index (χ0n) is 10.5. The topological polar surface area (TPSA) is 58.4 Å². The maximum Gasteiger partial charge on any atom is 0.405 e. The minimum absolute atomic E-state index is 0.141. The summed E-state index contributed by atoms with van der Waals surface area (Å²) in [6, 6.07) is 3.85. The van der Waals surface area contributed by atoms with Gasteiger partial charge in [-0.15, -0.1) is 0 Å². The lowest BCUT2D eigenvalue weighted by atomic mass is 10.2. The summed E-state index contributed by atoms with van der Waals surface area (Å²) in [7, 11) is 1.24. The predicted molar refractivity (Wildman–Crippen MR) is 66.6 cm³/mol. The Kier molecular flexibility index (Phi) is 4.57. The van der Waals surface area contributed by atoms with Crippen molar-refractivity contribution in [3.05, 3.63) is 28.3 Å². The minimum atomic E-state index is -4.36. The SMILES string of the molecule is CCNc1cc(N(C)CC(F)(F)F)cc([N+](=O)[O-])c1. The van der Waals surface area contributed by atoms with Crippen LogP contribution in [-0.2, 0) is 0 Å². The van der Waals surface area contributed by atoms with Gasteiger partial charge in [0.25, 0.3) is 5.69 Å². The van der Waals surface area contributed by atoms with Gasteiger partial charge in [0.15, 0.2) is 0 Å². The zero-order chi connectivity index (χ0) is 14.6. The van der Waals surface area contributed by atoms with Crippen molar-refractivity contribution in [1.29, 1.82) is 0 Å². The standard InChI is InChI=1S/C11H14F3N3O2/c1-3-15-8-4-9(6-10(5-8)17(18)19)16(2)7-11(12,13)14/h4-6,15H,3,7H2,1-2H3. The number of nitrogens with one attached hydrogen (secondary N) is 1. The molecule has 8 heteroatoms. The largest absolute Gasteiger partial charge is 0.405 e. The quantitative estimate of drug-likeness (QED) is 0.664. The van der Waals surface area contributed by atoms with Crippen molar-refractivity contribution in [2.75, 3.05) is 30.4 Å². The molecule has 1 aromatic carbocycles. The summed E-state index contributed by atoms with van der Waals surface area (Å²) < 4.78 is 36.9. The lowest BCUT2D eigenvalue weighted by Crippen LogP contribution is -2.30. The van der Waals surface area contributed by atoms with Crippen LogP contribution >= 0.6 is 0 Å². The van der Waals surface area contributed by atoms with E-state index in [0.29, 0.717) is 12.2 Å². The molecule has 1 N–H and O–H groups in total. The van der Waals surface area contributed by atoms with Crippen LogP contribution < -0.4 is 10.2 Å². The van der Waals surface area contributed by atoms with Crippen LogP contribution in [0.4, 0.5) is 30.2 Å². The third-order valence-corrected chi connectivity index (χ3v) is 2.35. The van der Waals surface area contributed by atoms with E-state index in [0.717, 1.165) is 11.0 Å². The van der Waals surface area contributed by atoms with E-state index in [1.54, 1.807) is 6.92 Å². The summed E-state index contributed by atoms with van der Waals surface area (Å²) in [6.07, 6.45) is -4.36. The number of non-ortho nitro benzene ring substituents is 1. The van der Waals surface area contributed by atoms with Crippen molar-refractivity contribution in [2.45, 2.75) is 13.1 Å². The van der Waals surface area contributed by atoms with Crippen molar-refractivity contribution in [3.63, 3.8) is 0 Å². The number of alkyl halides is 3. The number of hydrogen-bond donors (Lipinski definition) is 1. The van der Waals surface area contributed by atoms with Gasteiger partial charge in [0.1, 0.15) is 6.54 Å². The van der Waals surface area contributed by atoms with E-state index >= 15 is 0 Å². The highest BCUT2D eigenvalue weighted by atomic mass is 19.4. The fraction of sp³-hybridized carbons (Fsp3) is 0.455. The molecule has 1 rings (SSSR count). The van der Waals surface area contributed by atoms with Gasteiger partial charge in [0.05, 0.1) is 4.92 Å². The average molecular weight is 277 g/mol. The molecule has 0 aliphatic carbocycles. The van der Waals surface area contributed by atoms with Crippen molar-refractivity contribution in [3.8, 4) is 0 Å². The summed E-state index contributed by atoms with van der Waals surface area (Å²) in [5.74, 6) is 0. The second-order valence-electron chi connectivity index (χ2n) is 4.00. The molecule has 0 bridgehead atoms. The van der Waals surface area contributed by atoms with Gasteiger partial charge in [0.2, 0.25) is 0 Å². The van der Waals surface area contributed by atoms with Gasteiger partial charge in [-0.2, -0.15) is 13.2 Å². The molecule has 106 valence electrons. The smallest absolute Gasteiger partial charge is 0.385 e. The molecule has 0 unspecified atom stereocenters.